The zero-order valence-electron chi connectivity index (χ0n) is 18.8. The van der Waals surface area contributed by atoms with Crippen molar-refractivity contribution >= 4 is 44.7 Å². The fourth-order valence-corrected chi connectivity index (χ4v) is 3.87. The van der Waals surface area contributed by atoms with Gasteiger partial charge in [0.05, 0.1) is 7.11 Å². The van der Waals surface area contributed by atoms with Crippen molar-refractivity contribution in [2.24, 2.45) is 0 Å². The summed E-state index contributed by atoms with van der Waals surface area (Å²) in [4.78, 5) is 17.0. The van der Waals surface area contributed by atoms with Gasteiger partial charge >= 0.3 is 0 Å². The van der Waals surface area contributed by atoms with Crippen LogP contribution in [0.5, 0.6) is 5.75 Å². The number of carbonyl (C=O) groups excluding carboxylic acids is 1. The number of hydrogen-bond donors (Lipinski definition) is 1. The average molecular weight is 505 g/mol. The minimum atomic E-state index is -0.232. The number of aromatic nitrogens is 1. The van der Waals surface area contributed by atoms with Crippen LogP contribution < -0.4 is 10.1 Å². The maximum Gasteiger partial charge on any atom is 0.248 e. The highest BCUT2D eigenvalue weighted by Gasteiger charge is 2.11. The van der Waals surface area contributed by atoms with E-state index in [9.17, 15) is 4.79 Å². The predicted octanol–water partition coefficient (Wildman–Crippen LogP) is 7.43. The highest BCUT2D eigenvalue weighted by molar-refractivity contribution is 9.10. The molecule has 5 nitrogen and oxygen atoms in total. The first-order chi connectivity index (χ1) is 16.0. The number of methoxy groups -OCH3 is 1. The number of ether oxygens (including phenoxy) is 1. The molecule has 1 heterocycles. The monoisotopic (exact) mass is 504 g/mol. The minimum absolute atomic E-state index is 0.232. The maximum absolute atomic E-state index is 12.4. The largest absolute Gasteiger partial charge is 0.496 e. The van der Waals surface area contributed by atoms with Crippen molar-refractivity contribution in [2.45, 2.75) is 26.2 Å². The molecule has 33 heavy (non-hydrogen) atoms. The SMILES string of the molecule is CCC(C)c1ccc2oc(-c3ccc(NC(=O)C=Cc4cc(Br)ccc4OC)cc3)nc2c1. The van der Waals surface area contributed by atoms with Gasteiger partial charge in [0, 0.05) is 27.4 Å². The second-order valence-electron chi connectivity index (χ2n) is 7.84. The molecule has 0 aliphatic rings. The molecule has 0 fully saturated rings. The molecule has 1 N–H and O–H groups in total. The molecule has 4 rings (SSSR count). The number of nitrogens with one attached hydrogen (secondary N) is 1. The van der Waals surface area contributed by atoms with Crippen LogP contribution in [0.3, 0.4) is 0 Å². The first kappa shape index (κ1) is 22.8. The highest BCUT2D eigenvalue weighted by atomic mass is 79.9. The zero-order valence-corrected chi connectivity index (χ0v) is 20.3. The fourth-order valence-electron chi connectivity index (χ4n) is 3.49. The van der Waals surface area contributed by atoms with Gasteiger partial charge in [0.1, 0.15) is 11.3 Å². The standard InChI is InChI=1S/C27H25BrN2O3/c1-4-17(2)19-7-12-25-23(16-19)30-27(33-25)18-5-10-22(11-6-18)29-26(31)14-8-20-15-21(28)9-13-24(20)32-3/h5-17H,4H2,1-3H3,(H,29,31). The van der Waals surface area contributed by atoms with Crippen LogP contribution in [0.2, 0.25) is 0 Å². The number of amides is 1. The van der Waals surface area contributed by atoms with Gasteiger partial charge in [-0.2, -0.15) is 0 Å². The Morgan fingerprint density at radius 1 is 1.15 bits per heavy atom. The van der Waals surface area contributed by atoms with E-state index in [1.165, 1.54) is 11.6 Å². The number of carbonyl (C=O) groups is 1. The van der Waals surface area contributed by atoms with Gasteiger partial charge in [-0.3, -0.25) is 4.79 Å². The maximum atomic E-state index is 12.4. The van der Waals surface area contributed by atoms with Crippen LogP contribution >= 0.6 is 15.9 Å². The van der Waals surface area contributed by atoms with Crippen LogP contribution in [0.15, 0.2) is 75.6 Å². The van der Waals surface area contributed by atoms with Crippen LogP contribution in [0.1, 0.15) is 37.3 Å². The van der Waals surface area contributed by atoms with Crippen molar-refractivity contribution in [1.29, 1.82) is 0 Å². The Hall–Kier alpha value is -3.38. The Morgan fingerprint density at radius 3 is 2.67 bits per heavy atom. The van der Waals surface area contributed by atoms with Crippen LogP contribution in [0, 0.1) is 0 Å². The minimum Gasteiger partial charge on any atom is -0.496 e. The Kier molecular flexibility index (Phi) is 6.94. The Labute approximate surface area is 201 Å². The van der Waals surface area contributed by atoms with Crippen LogP contribution in [-0.2, 0) is 4.79 Å². The number of nitrogens with zero attached hydrogens (tertiary/aromatic N) is 1. The van der Waals surface area contributed by atoms with Gasteiger partial charge in [0.15, 0.2) is 5.58 Å². The lowest BCUT2D eigenvalue weighted by Crippen LogP contribution is -2.07. The van der Waals surface area contributed by atoms with E-state index in [4.69, 9.17) is 9.15 Å². The van der Waals surface area contributed by atoms with Crippen molar-refractivity contribution in [1.82, 2.24) is 4.98 Å². The first-order valence-corrected chi connectivity index (χ1v) is 11.6. The molecule has 0 spiro atoms. The second-order valence-corrected chi connectivity index (χ2v) is 8.76. The van der Waals surface area contributed by atoms with Gasteiger partial charge in [-0.15, -0.1) is 0 Å². The molecular formula is C27H25BrN2O3. The van der Waals surface area contributed by atoms with E-state index < -0.39 is 0 Å². The Balaban J connectivity index is 1.46. The highest BCUT2D eigenvalue weighted by Crippen LogP contribution is 2.29. The smallest absolute Gasteiger partial charge is 0.248 e. The van der Waals surface area contributed by atoms with Crippen molar-refractivity contribution < 1.29 is 13.9 Å². The predicted molar refractivity (Wildman–Crippen MR) is 137 cm³/mol. The number of anilines is 1. The summed E-state index contributed by atoms with van der Waals surface area (Å²) in [6, 6.07) is 19.2. The van der Waals surface area contributed by atoms with Gasteiger partial charge in [-0.05, 0) is 78.6 Å². The second kappa shape index (κ2) is 10.0. The van der Waals surface area contributed by atoms with Crippen molar-refractivity contribution in [3.05, 3.63) is 82.3 Å². The third-order valence-electron chi connectivity index (χ3n) is 5.60. The van der Waals surface area contributed by atoms with E-state index in [0.29, 0.717) is 23.2 Å². The molecule has 1 atom stereocenters. The van der Waals surface area contributed by atoms with Gasteiger partial charge in [0.2, 0.25) is 11.8 Å². The number of hydrogen-bond acceptors (Lipinski definition) is 4. The van der Waals surface area contributed by atoms with E-state index in [-0.39, 0.29) is 5.91 Å². The van der Waals surface area contributed by atoms with Gasteiger partial charge in [-0.25, -0.2) is 4.98 Å². The van der Waals surface area contributed by atoms with E-state index in [2.05, 4.69) is 52.2 Å². The fraction of sp³-hybridized carbons (Fsp3) is 0.185. The lowest BCUT2D eigenvalue weighted by atomic mass is 9.98. The summed E-state index contributed by atoms with van der Waals surface area (Å²) in [5.74, 6) is 1.51. The lowest BCUT2D eigenvalue weighted by Gasteiger charge is -2.07. The Bertz CT molecular complexity index is 1310. The molecule has 0 saturated heterocycles. The number of halogens is 1. The number of fused-ring (bicyclic) bond motifs is 1. The third kappa shape index (κ3) is 5.34. The van der Waals surface area contributed by atoms with Crippen LogP contribution in [0.4, 0.5) is 5.69 Å². The van der Waals surface area contributed by atoms with E-state index in [1.807, 2.05) is 48.5 Å². The molecule has 0 aliphatic heterocycles. The van der Waals surface area contributed by atoms with Crippen molar-refractivity contribution in [3.63, 3.8) is 0 Å². The Morgan fingerprint density at radius 2 is 1.94 bits per heavy atom. The van der Waals surface area contributed by atoms with Crippen molar-refractivity contribution in [2.75, 3.05) is 12.4 Å². The van der Waals surface area contributed by atoms with Gasteiger partial charge < -0.3 is 14.5 Å². The molecule has 0 saturated carbocycles. The molecule has 1 amide bonds. The van der Waals surface area contributed by atoms with E-state index in [1.54, 1.807) is 13.2 Å². The number of rotatable bonds is 7. The molecule has 168 valence electrons. The molecule has 3 aromatic carbocycles. The molecule has 4 aromatic rings. The summed E-state index contributed by atoms with van der Waals surface area (Å²) >= 11 is 3.43. The summed E-state index contributed by atoms with van der Waals surface area (Å²) < 4.78 is 12.2. The quantitative estimate of drug-likeness (QED) is 0.265. The lowest BCUT2D eigenvalue weighted by molar-refractivity contribution is -0.111. The van der Waals surface area contributed by atoms with Crippen LogP contribution in [0.25, 0.3) is 28.6 Å². The average Bonchev–Trinajstić information content (AvgIpc) is 3.26. The molecule has 1 unspecified atom stereocenters. The number of benzene rings is 3. The van der Waals surface area contributed by atoms with E-state index >= 15 is 0 Å². The summed E-state index contributed by atoms with van der Waals surface area (Å²) in [6.07, 6.45) is 4.28. The molecule has 1 aromatic heterocycles. The number of oxazole rings is 1. The van der Waals surface area contributed by atoms with Crippen LogP contribution in [-0.4, -0.2) is 18.0 Å². The first-order valence-electron chi connectivity index (χ1n) is 10.8. The molecule has 0 aliphatic carbocycles. The summed E-state index contributed by atoms with van der Waals surface area (Å²) in [7, 11) is 1.60. The summed E-state index contributed by atoms with van der Waals surface area (Å²) in [6.45, 7) is 4.39. The third-order valence-corrected chi connectivity index (χ3v) is 6.09. The van der Waals surface area contributed by atoms with Crippen molar-refractivity contribution in [3.8, 4) is 17.2 Å². The molecule has 6 heteroatoms. The van der Waals surface area contributed by atoms with Gasteiger partial charge in [-0.1, -0.05) is 35.8 Å². The summed E-state index contributed by atoms with van der Waals surface area (Å²) in [5.41, 5.74) is 5.23. The summed E-state index contributed by atoms with van der Waals surface area (Å²) in [5, 5.41) is 2.87. The van der Waals surface area contributed by atoms with E-state index in [0.717, 1.165) is 33.1 Å². The molecular weight excluding hydrogens is 480 g/mol. The molecule has 0 bridgehead atoms. The zero-order chi connectivity index (χ0) is 23.4. The topological polar surface area (TPSA) is 64.4 Å². The van der Waals surface area contributed by atoms with Gasteiger partial charge in [0.25, 0.3) is 0 Å². The normalized spacial score (nSPS) is 12.2. The molecule has 0 radical (unpaired) electrons.